The lowest BCUT2D eigenvalue weighted by Crippen LogP contribution is -2.02. The number of para-hydroxylation sites is 1. The Balaban J connectivity index is 2.46. The minimum absolute atomic E-state index is 0.194. The smallest absolute Gasteiger partial charge is 0.339 e. The van der Waals surface area contributed by atoms with Gasteiger partial charge in [-0.2, -0.15) is 0 Å². The van der Waals surface area contributed by atoms with Crippen LogP contribution < -0.4 is 4.74 Å². The van der Waals surface area contributed by atoms with Gasteiger partial charge in [0.15, 0.2) is 11.6 Å². The predicted octanol–water partition coefficient (Wildman–Crippen LogP) is 3.93. The Morgan fingerprint density at radius 1 is 1.21 bits per heavy atom. The molecule has 4 heteroatoms. The van der Waals surface area contributed by atoms with E-state index in [1.54, 1.807) is 6.07 Å². The summed E-state index contributed by atoms with van der Waals surface area (Å²) in [7, 11) is 0. The number of hydrogen-bond donors (Lipinski definition) is 1. The summed E-state index contributed by atoms with van der Waals surface area (Å²) >= 11 is 0. The van der Waals surface area contributed by atoms with E-state index in [4.69, 9.17) is 9.84 Å². The lowest BCUT2D eigenvalue weighted by molar-refractivity contribution is 0.0693. The Kier molecular flexibility index (Phi) is 3.51. The Morgan fingerprint density at radius 3 is 2.58 bits per heavy atom. The van der Waals surface area contributed by atoms with E-state index in [1.807, 2.05) is 26.0 Å². The first kappa shape index (κ1) is 13.1. The highest BCUT2D eigenvalue weighted by Crippen LogP contribution is 2.30. The first-order chi connectivity index (χ1) is 8.99. The highest BCUT2D eigenvalue weighted by molar-refractivity contribution is 5.91. The van der Waals surface area contributed by atoms with Crippen LogP contribution in [0.4, 0.5) is 4.39 Å². The van der Waals surface area contributed by atoms with Crippen LogP contribution in [0.15, 0.2) is 36.4 Å². The maximum atomic E-state index is 13.7. The van der Waals surface area contributed by atoms with Crippen molar-refractivity contribution in [3.63, 3.8) is 0 Å². The Morgan fingerprint density at radius 2 is 1.95 bits per heavy atom. The zero-order valence-corrected chi connectivity index (χ0v) is 10.6. The largest absolute Gasteiger partial charge is 0.478 e. The molecular weight excluding hydrogens is 247 g/mol. The Bertz CT molecular complexity index is 635. The minimum atomic E-state index is -1.22. The molecule has 1 N–H and O–H groups in total. The first-order valence-electron chi connectivity index (χ1n) is 5.76. The van der Waals surface area contributed by atoms with Gasteiger partial charge >= 0.3 is 5.97 Å². The van der Waals surface area contributed by atoms with Crippen LogP contribution in [0.3, 0.4) is 0 Å². The summed E-state index contributed by atoms with van der Waals surface area (Å²) in [5.74, 6) is -1.74. The quantitative estimate of drug-likeness (QED) is 0.909. The van der Waals surface area contributed by atoms with Gasteiger partial charge in [-0.15, -0.1) is 0 Å². The number of carbonyl (C=O) groups is 1. The molecule has 0 unspecified atom stereocenters. The number of aryl methyl sites for hydroxylation is 2. The number of hydrogen-bond acceptors (Lipinski definition) is 2. The van der Waals surface area contributed by atoms with Gasteiger partial charge in [0, 0.05) is 0 Å². The van der Waals surface area contributed by atoms with Crippen LogP contribution in [0.2, 0.25) is 0 Å². The molecule has 0 atom stereocenters. The summed E-state index contributed by atoms with van der Waals surface area (Å²) < 4.78 is 19.2. The summed E-state index contributed by atoms with van der Waals surface area (Å²) in [5, 5.41) is 9.03. The molecule has 3 nitrogen and oxygen atoms in total. The monoisotopic (exact) mass is 260 g/mol. The van der Waals surface area contributed by atoms with Crippen molar-refractivity contribution in [2.45, 2.75) is 13.8 Å². The third-order valence-corrected chi connectivity index (χ3v) is 2.74. The lowest BCUT2D eigenvalue weighted by Gasteiger charge is -2.12. The maximum Gasteiger partial charge on any atom is 0.339 e. The fourth-order valence-electron chi connectivity index (χ4n) is 1.80. The van der Waals surface area contributed by atoms with Crippen LogP contribution >= 0.6 is 0 Å². The van der Waals surface area contributed by atoms with E-state index in [2.05, 4.69) is 0 Å². The first-order valence-corrected chi connectivity index (χ1v) is 5.76. The molecule has 98 valence electrons. The number of ether oxygens (including phenoxy) is 1. The molecule has 0 heterocycles. The fourth-order valence-corrected chi connectivity index (χ4v) is 1.80. The normalized spacial score (nSPS) is 10.3. The number of carboxylic acids is 1. The van der Waals surface area contributed by atoms with Gasteiger partial charge in [-0.1, -0.05) is 23.8 Å². The van der Waals surface area contributed by atoms with Crippen LogP contribution in [-0.4, -0.2) is 11.1 Å². The van der Waals surface area contributed by atoms with Gasteiger partial charge in [-0.05, 0) is 37.6 Å². The van der Waals surface area contributed by atoms with E-state index in [-0.39, 0.29) is 11.3 Å². The van der Waals surface area contributed by atoms with Gasteiger partial charge < -0.3 is 9.84 Å². The van der Waals surface area contributed by atoms with Crippen molar-refractivity contribution in [3.8, 4) is 11.5 Å². The van der Waals surface area contributed by atoms with Crippen molar-refractivity contribution in [1.29, 1.82) is 0 Å². The van der Waals surface area contributed by atoms with Crippen molar-refractivity contribution < 1.29 is 19.0 Å². The molecule has 0 radical (unpaired) electrons. The Hall–Kier alpha value is -2.36. The highest BCUT2D eigenvalue weighted by Gasteiger charge is 2.17. The number of carboxylic acid groups (broad SMARTS) is 1. The molecule has 0 fully saturated rings. The highest BCUT2D eigenvalue weighted by atomic mass is 19.1. The van der Waals surface area contributed by atoms with E-state index in [1.165, 1.54) is 18.2 Å². The second-order valence-electron chi connectivity index (χ2n) is 4.29. The zero-order valence-electron chi connectivity index (χ0n) is 10.6. The third-order valence-electron chi connectivity index (χ3n) is 2.74. The molecule has 0 aliphatic rings. The van der Waals surface area contributed by atoms with E-state index in [0.29, 0.717) is 5.75 Å². The summed E-state index contributed by atoms with van der Waals surface area (Å²) in [6.07, 6.45) is 0. The van der Waals surface area contributed by atoms with Gasteiger partial charge in [0.25, 0.3) is 0 Å². The predicted molar refractivity (Wildman–Crippen MR) is 69.3 cm³/mol. The van der Waals surface area contributed by atoms with E-state index >= 15 is 0 Å². The molecule has 0 saturated heterocycles. The van der Waals surface area contributed by atoms with Crippen molar-refractivity contribution >= 4 is 5.97 Å². The van der Waals surface area contributed by atoms with Crippen molar-refractivity contribution in [2.24, 2.45) is 0 Å². The van der Waals surface area contributed by atoms with Crippen molar-refractivity contribution in [3.05, 3.63) is 58.9 Å². The van der Waals surface area contributed by atoms with Gasteiger partial charge in [-0.25, -0.2) is 9.18 Å². The number of aromatic carboxylic acids is 1. The molecule has 0 aliphatic heterocycles. The van der Waals surface area contributed by atoms with E-state index in [9.17, 15) is 9.18 Å². The molecule has 19 heavy (non-hydrogen) atoms. The van der Waals surface area contributed by atoms with Crippen LogP contribution in [0, 0.1) is 19.7 Å². The van der Waals surface area contributed by atoms with Gasteiger partial charge in [-0.3, -0.25) is 0 Å². The van der Waals surface area contributed by atoms with Crippen LogP contribution in [0.5, 0.6) is 11.5 Å². The zero-order chi connectivity index (χ0) is 14.0. The maximum absolute atomic E-state index is 13.7. The van der Waals surface area contributed by atoms with Gasteiger partial charge in [0.1, 0.15) is 11.3 Å². The van der Waals surface area contributed by atoms with E-state index in [0.717, 1.165) is 11.1 Å². The van der Waals surface area contributed by atoms with Crippen molar-refractivity contribution in [1.82, 2.24) is 0 Å². The SMILES string of the molecule is Cc1ccc(Oc2c(F)cccc2C(=O)O)c(C)c1. The molecule has 0 aliphatic carbocycles. The molecule has 0 spiro atoms. The molecule has 0 aromatic heterocycles. The van der Waals surface area contributed by atoms with Crippen molar-refractivity contribution in [2.75, 3.05) is 0 Å². The fraction of sp³-hybridized carbons (Fsp3) is 0.133. The van der Waals surface area contributed by atoms with Crippen LogP contribution in [0.1, 0.15) is 21.5 Å². The molecule has 2 rings (SSSR count). The number of benzene rings is 2. The van der Waals surface area contributed by atoms with Gasteiger partial charge in [0.2, 0.25) is 0 Å². The summed E-state index contributed by atoms with van der Waals surface area (Å²) in [5.41, 5.74) is 1.68. The number of halogens is 1. The molecule has 2 aromatic carbocycles. The van der Waals surface area contributed by atoms with Crippen LogP contribution in [-0.2, 0) is 0 Å². The topological polar surface area (TPSA) is 46.5 Å². The Labute approximate surface area is 110 Å². The molecule has 0 bridgehead atoms. The average Bonchev–Trinajstić information content (AvgIpc) is 2.34. The summed E-state index contributed by atoms with van der Waals surface area (Å²) in [6.45, 7) is 3.76. The number of rotatable bonds is 3. The second kappa shape index (κ2) is 5.10. The van der Waals surface area contributed by atoms with Crippen LogP contribution in [0.25, 0.3) is 0 Å². The van der Waals surface area contributed by atoms with Gasteiger partial charge in [0.05, 0.1) is 0 Å². The second-order valence-corrected chi connectivity index (χ2v) is 4.29. The summed E-state index contributed by atoms with van der Waals surface area (Å²) in [4.78, 5) is 11.1. The minimum Gasteiger partial charge on any atom is -0.478 e. The molecule has 0 amide bonds. The lowest BCUT2D eigenvalue weighted by atomic mass is 10.1. The van der Waals surface area contributed by atoms with E-state index < -0.39 is 11.8 Å². The molecule has 2 aromatic rings. The molecule has 0 saturated carbocycles. The third kappa shape index (κ3) is 2.73. The molecular formula is C15H13FO3. The average molecular weight is 260 g/mol. The standard InChI is InChI=1S/C15H13FO3/c1-9-6-7-13(10(2)8-9)19-14-11(15(17)18)4-3-5-12(14)16/h3-8H,1-2H3,(H,17,18). The summed E-state index contributed by atoms with van der Waals surface area (Å²) in [6, 6.07) is 9.23.